The van der Waals surface area contributed by atoms with Gasteiger partial charge in [0.05, 0.1) is 10.0 Å². The van der Waals surface area contributed by atoms with Crippen molar-refractivity contribution < 1.29 is 9.26 Å². The topological polar surface area (TPSA) is 66.0 Å². The first-order valence-electron chi connectivity index (χ1n) is 7.80. The highest BCUT2D eigenvalue weighted by Crippen LogP contribution is 2.29. The Kier molecular flexibility index (Phi) is 5.03. The molecule has 2 aromatic heterocycles. The van der Waals surface area contributed by atoms with E-state index in [1.165, 1.54) is 0 Å². The molecule has 9 heteroatoms. The van der Waals surface area contributed by atoms with Crippen LogP contribution in [-0.4, -0.2) is 19.9 Å². The maximum atomic E-state index is 6.18. The van der Waals surface area contributed by atoms with Gasteiger partial charge in [-0.2, -0.15) is 10.1 Å². The molecule has 0 aliphatic carbocycles. The predicted octanol–water partition coefficient (Wildman–Crippen LogP) is 5.60. The van der Waals surface area contributed by atoms with Crippen LogP contribution in [0.15, 0.2) is 59.3 Å². The molecule has 2 aromatic carbocycles. The number of aromatic nitrogens is 4. The predicted molar refractivity (Wildman–Crippen MR) is 103 cm³/mol. The van der Waals surface area contributed by atoms with Crippen LogP contribution in [0.3, 0.4) is 0 Å². The molecule has 0 aliphatic heterocycles. The zero-order valence-corrected chi connectivity index (χ0v) is 15.9. The zero-order chi connectivity index (χ0) is 18.8. The first-order valence-corrected chi connectivity index (χ1v) is 8.94. The molecule has 0 bridgehead atoms. The van der Waals surface area contributed by atoms with E-state index in [1.54, 1.807) is 47.3 Å². The summed E-state index contributed by atoms with van der Waals surface area (Å²) in [4.78, 5) is 4.34. The molecule has 4 rings (SSSR count). The normalized spacial score (nSPS) is 10.9. The summed E-state index contributed by atoms with van der Waals surface area (Å²) in [6.45, 7) is 0.188. The smallest absolute Gasteiger partial charge is 0.278 e. The van der Waals surface area contributed by atoms with Crippen LogP contribution in [0.2, 0.25) is 15.1 Å². The second kappa shape index (κ2) is 7.60. The van der Waals surface area contributed by atoms with Crippen molar-refractivity contribution in [3.8, 4) is 28.7 Å². The van der Waals surface area contributed by atoms with Gasteiger partial charge < -0.3 is 9.26 Å². The lowest BCUT2D eigenvalue weighted by atomic mass is 10.2. The molecule has 0 atom stereocenters. The fourth-order valence-corrected chi connectivity index (χ4v) is 3.04. The van der Waals surface area contributed by atoms with E-state index in [4.69, 9.17) is 44.1 Å². The Morgan fingerprint density at radius 3 is 2.67 bits per heavy atom. The molecule has 0 N–H and O–H groups in total. The summed E-state index contributed by atoms with van der Waals surface area (Å²) in [6.07, 6.45) is 1.74. The highest BCUT2D eigenvalue weighted by molar-refractivity contribution is 6.36. The van der Waals surface area contributed by atoms with Crippen LogP contribution >= 0.6 is 34.8 Å². The summed E-state index contributed by atoms with van der Waals surface area (Å²) in [7, 11) is 0. The summed E-state index contributed by atoms with van der Waals surface area (Å²) >= 11 is 18.2. The summed E-state index contributed by atoms with van der Waals surface area (Å²) in [6, 6.07) is 14.0. The monoisotopic (exact) mass is 420 g/mol. The van der Waals surface area contributed by atoms with Gasteiger partial charge in [0.25, 0.3) is 5.89 Å². The lowest BCUT2D eigenvalue weighted by Gasteiger charge is -2.07. The summed E-state index contributed by atoms with van der Waals surface area (Å²) < 4.78 is 12.5. The average Bonchev–Trinajstić information content (AvgIpc) is 3.30. The highest BCUT2D eigenvalue weighted by atomic mass is 35.5. The Labute approximate surface area is 169 Å². The van der Waals surface area contributed by atoms with Crippen LogP contribution in [0, 0.1) is 0 Å². The molecule has 2 heterocycles. The summed E-state index contributed by atoms with van der Waals surface area (Å²) in [5.41, 5.74) is 1.14. The van der Waals surface area contributed by atoms with Crippen molar-refractivity contribution in [1.29, 1.82) is 0 Å². The van der Waals surface area contributed by atoms with E-state index in [-0.39, 0.29) is 12.6 Å². The van der Waals surface area contributed by atoms with Gasteiger partial charge in [0.15, 0.2) is 12.4 Å². The zero-order valence-electron chi connectivity index (χ0n) is 13.6. The number of rotatable bonds is 5. The first kappa shape index (κ1) is 17.9. The van der Waals surface area contributed by atoms with Crippen LogP contribution in [0.1, 0.15) is 0 Å². The Morgan fingerprint density at radius 2 is 1.85 bits per heavy atom. The minimum atomic E-state index is 0.188. The Bertz CT molecular complexity index is 1090. The molecule has 6 nitrogen and oxygen atoms in total. The molecule has 0 fully saturated rings. The molecular weight excluding hydrogens is 411 g/mol. The van der Waals surface area contributed by atoms with Gasteiger partial charge >= 0.3 is 0 Å². The summed E-state index contributed by atoms with van der Waals surface area (Å²) in [5, 5.41) is 9.83. The van der Waals surface area contributed by atoms with Crippen molar-refractivity contribution >= 4 is 34.8 Å². The average molecular weight is 422 g/mol. The molecule has 0 saturated heterocycles. The van der Waals surface area contributed by atoms with Crippen LogP contribution < -0.4 is 4.74 Å². The number of hydrogen-bond donors (Lipinski definition) is 0. The van der Waals surface area contributed by atoms with Crippen molar-refractivity contribution in [1.82, 2.24) is 19.9 Å². The standard InChI is InChI=1S/C18H11Cl3N4O2/c19-11-5-6-12(14(21)9-11)17-22-18(27-24-17)15-7-8-25(23-15)10-26-16-4-2-1-3-13(16)20/h1-9H,10H2. The number of hydrogen-bond acceptors (Lipinski definition) is 5. The van der Waals surface area contributed by atoms with Gasteiger partial charge in [-0.3, -0.25) is 0 Å². The number of benzene rings is 2. The Hall–Kier alpha value is -2.54. The lowest BCUT2D eigenvalue weighted by molar-refractivity contribution is 0.221. The second-order valence-electron chi connectivity index (χ2n) is 5.49. The maximum Gasteiger partial charge on any atom is 0.278 e. The van der Waals surface area contributed by atoms with Gasteiger partial charge in [-0.25, -0.2) is 4.68 Å². The molecule has 0 saturated carbocycles. The lowest BCUT2D eigenvalue weighted by Crippen LogP contribution is -2.05. The molecule has 4 aromatic rings. The molecule has 0 amide bonds. The van der Waals surface area contributed by atoms with E-state index in [0.717, 1.165) is 0 Å². The molecule has 0 aliphatic rings. The van der Waals surface area contributed by atoms with E-state index in [9.17, 15) is 0 Å². The molecule has 0 spiro atoms. The van der Waals surface area contributed by atoms with Crippen LogP contribution in [0.25, 0.3) is 23.0 Å². The number of para-hydroxylation sites is 1. The highest BCUT2D eigenvalue weighted by Gasteiger charge is 2.15. The number of nitrogens with zero attached hydrogens (tertiary/aromatic N) is 4. The van der Waals surface area contributed by atoms with Gasteiger partial charge in [-0.1, -0.05) is 52.1 Å². The van der Waals surface area contributed by atoms with Gasteiger partial charge in [0, 0.05) is 16.8 Å². The third-order valence-electron chi connectivity index (χ3n) is 3.65. The van der Waals surface area contributed by atoms with Gasteiger partial charge in [0.2, 0.25) is 5.82 Å². The Morgan fingerprint density at radius 1 is 1.00 bits per heavy atom. The largest absolute Gasteiger partial charge is 0.470 e. The number of ether oxygens (including phenoxy) is 1. The minimum absolute atomic E-state index is 0.188. The van der Waals surface area contributed by atoms with E-state index < -0.39 is 0 Å². The van der Waals surface area contributed by atoms with Crippen LogP contribution in [0.5, 0.6) is 5.75 Å². The molecule has 0 radical (unpaired) electrons. The Balaban J connectivity index is 1.50. The fraction of sp³-hybridized carbons (Fsp3) is 0.0556. The van der Waals surface area contributed by atoms with Crippen molar-refractivity contribution in [2.75, 3.05) is 0 Å². The molecule has 136 valence electrons. The van der Waals surface area contributed by atoms with Gasteiger partial charge in [-0.15, -0.1) is 0 Å². The van der Waals surface area contributed by atoms with Crippen molar-refractivity contribution in [3.05, 3.63) is 69.8 Å². The van der Waals surface area contributed by atoms with E-state index in [1.807, 2.05) is 12.1 Å². The van der Waals surface area contributed by atoms with Gasteiger partial charge in [0.1, 0.15) is 5.75 Å². The molecule has 27 heavy (non-hydrogen) atoms. The van der Waals surface area contributed by atoms with Crippen molar-refractivity contribution in [2.45, 2.75) is 6.73 Å². The minimum Gasteiger partial charge on any atom is -0.470 e. The SMILES string of the molecule is Clc1ccc(-c2noc(-c3ccn(COc4ccccc4Cl)n3)n2)c(Cl)c1. The molecule has 0 unspecified atom stereocenters. The fourth-order valence-electron chi connectivity index (χ4n) is 2.35. The third-order valence-corrected chi connectivity index (χ3v) is 4.51. The third kappa shape index (κ3) is 3.93. The maximum absolute atomic E-state index is 6.18. The number of halogens is 3. The summed E-state index contributed by atoms with van der Waals surface area (Å²) in [5.74, 6) is 1.20. The first-order chi connectivity index (χ1) is 13.1. The van der Waals surface area contributed by atoms with Crippen LogP contribution in [-0.2, 0) is 6.73 Å². The van der Waals surface area contributed by atoms with E-state index >= 15 is 0 Å². The molecular formula is C18H11Cl3N4O2. The van der Waals surface area contributed by atoms with Gasteiger partial charge in [-0.05, 0) is 36.4 Å². The van der Waals surface area contributed by atoms with E-state index in [0.29, 0.717) is 37.9 Å². The van der Waals surface area contributed by atoms with E-state index in [2.05, 4.69) is 15.2 Å². The van der Waals surface area contributed by atoms with Crippen LogP contribution in [0.4, 0.5) is 0 Å². The quantitative estimate of drug-likeness (QED) is 0.420. The van der Waals surface area contributed by atoms with Crippen molar-refractivity contribution in [3.63, 3.8) is 0 Å². The second-order valence-corrected chi connectivity index (χ2v) is 6.74. The van der Waals surface area contributed by atoms with Crippen molar-refractivity contribution in [2.24, 2.45) is 0 Å².